The summed E-state index contributed by atoms with van der Waals surface area (Å²) in [5, 5.41) is 4.19. The van der Waals surface area contributed by atoms with Crippen LogP contribution in [0.1, 0.15) is 24.9 Å². The molecular weight excluding hydrogens is 232 g/mol. The summed E-state index contributed by atoms with van der Waals surface area (Å²) in [5.74, 6) is 0.871. The molecule has 2 rings (SSSR count). The van der Waals surface area contributed by atoms with Gasteiger partial charge in [-0.3, -0.25) is 4.90 Å². The van der Waals surface area contributed by atoms with Gasteiger partial charge >= 0.3 is 0 Å². The summed E-state index contributed by atoms with van der Waals surface area (Å²) in [7, 11) is 2.18. The molecule has 0 aromatic heterocycles. The third-order valence-electron chi connectivity index (χ3n) is 3.77. The normalized spacial score (nSPS) is 18.1. The maximum absolute atomic E-state index is 6.23. The molecule has 1 unspecified atom stereocenters. The van der Waals surface area contributed by atoms with Crippen molar-refractivity contribution in [3.05, 3.63) is 34.9 Å². The number of nitrogens with one attached hydrogen (secondary N) is 1. The van der Waals surface area contributed by atoms with Crippen LogP contribution in [0.2, 0.25) is 5.02 Å². The van der Waals surface area contributed by atoms with E-state index < -0.39 is 0 Å². The molecule has 0 radical (unpaired) electrons. The van der Waals surface area contributed by atoms with Gasteiger partial charge in [-0.2, -0.15) is 0 Å². The first-order chi connectivity index (χ1) is 8.18. The highest BCUT2D eigenvalue weighted by atomic mass is 35.5. The van der Waals surface area contributed by atoms with Crippen molar-refractivity contribution >= 4 is 11.6 Å². The summed E-state index contributed by atoms with van der Waals surface area (Å²) in [6.45, 7) is 5.74. The van der Waals surface area contributed by atoms with Gasteiger partial charge in [0.05, 0.1) is 0 Å². The van der Waals surface area contributed by atoms with Crippen LogP contribution in [-0.4, -0.2) is 31.6 Å². The molecule has 0 aliphatic carbocycles. The molecule has 0 spiro atoms. The summed E-state index contributed by atoms with van der Waals surface area (Å²) >= 11 is 6.23. The van der Waals surface area contributed by atoms with Crippen LogP contribution in [0, 0.1) is 5.92 Å². The number of halogens is 1. The lowest BCUT2D eigenvalue weighted by atomic mass is 9.98. The highest BCUT2D eigenvalue weighted by Crippen LogP contribution is 2.26. The lowest BCUT2D eigenvalue weighted by molar-refractivity contribution is 0.217. The summed E-state index contributed by atoms with van der Waals surface area (Å²) in [6.07, 6.45) is 1.28. The molecule has 1 heterocycles. The van der Waals surface area contributed by atoms with Gasteiger partial charge in [-0.1, -0.05) is 29.8 Å². The zero-order valence-corrected chi connectivity index (χ0v) is 11.4. The molecule has 1 N–H and O–H groups in total. The first-order valence-electron chi connectivity index (χ1n) is 6.34. The molecule has 0 amide bonds. The highest BCUT2D eigenvalue weighted by molar-refractivity contribution is 6.31. The van der Waals surface area contributed by atoms with Crippen molar-refractivity contribution in [1.29, 1.82) is 0 Å². The smallest absolute Gasteiger partial charge is 0.0453 e. The van der Waals surface area contributed by atoms with E-state index in [4.69, 9.17) is 11.6 Å². The van der Waals surface area contributed by atoms with Crippen molar-refractivity contribution in [2.45, 2.75) is 19.4 Å². The molecule has 94 valence electrons. The van der Waals surface area contributed by atoms with Gasteiger partial charge in [0.15, 0.2) is 0 Å². The van der Waals surface area contributed by atoms with Gasteiger partial charge in [-0.25, -0.2) is 0 Å². The Balaban J connectivity index is 1.89. The fourth-order valence-electron chi connectivity index (χ4n) is 2.18. The van der Waals surface area contributed by atoms with E-state index >= 15 is 0 Å². The van der Waals surface area contributed by atoms with Crippen LogP contribution in [0.25, 0.3) is 0 Å². The third kappa shape index (κ3) is 3.21. The molecule has 2 nitrogen and oxygen atoms in total. The maximum atomic E-state index is 6.23. The summed E-state index contributed by atoms with van der Waals surface area (Å²) in [6, 6.07) is 8.52. The first kappa shape index (κ1) is 12.9. The second-order valence-corrected chi connectivity index (χ2v) is 5.40. The molecular formula is C14H21ClN2. The Hall–Kier alpha value is -0.570. The minimum Gasteiger partial charge on any atom is -0.316 e. The van der Waals surface area contributed by atoms with Gasteiger partial charge in [-0.05, 0) is 57.6 Å². The largest absolute Gasteiger partial charge is 0.316 e. The Labute approximate surface area is 109 Å². The number of nitrogens with zero attached hydrogens (tertiary/aromatic N) is 1. The third-order valence-corrected chi connectivity index (χ3v) is 4.12. The van der Waals surface area contributed by atoms with E-state index in [0.29, 0.717) is 6.04 Å². The Morgan fingerprint density at radius 3 is 2.71 bits per heavy atom. The van der Waals surface area contributed by atoms with Crippen molar-refractivity contribution in [2.24, 2.45) is 5.92 Å². The molecule has 1 atom stereocenters. The van der Waals surface area contributed by atoms with Gasteiger partial charge in [0.1, 0.15) is 0 Å². The van der Waals surface area contributed by atoms with E-state index in [1.807, 2.05) is 12.1 Å². The second kappa shape index (κ2) is 5.85. The lowest BCUT2D eigenvalue weighted by Crippen LogP contribution is -2.43. The van der Waals surface area contributed by atoms with E-state index in [-0.39, 0.29) is 0 Å². The molecule has 1 aromatic rings. The van der Waals surface area contributed by atoms with Crippen LogP contribution in [0.15, 0.2) is 24.3 Å². The minimum atomic E-state index is 0.386. The van der Waals surface area contributed by atoms with Crippen LogP contribution in [-0.2, 0) is 0 Å². The van der Waals surface area contributed by atoms with Crippen molar-refractivity contribution in [1.82, 2.24) is 10.2 Å². The molecule has 0 saturated carbocycles. The van der Waals surface area contributed by atoms with Crippen LogP contribution < -0.4 is 5.32 Å². The molecule has 1 aliphatic rings. The fourth-order valence-corrected chi connectivity index (χ4v) is 2.48. The van der Waals surface area contributed by atoms with Crippen LogP contribution in [0.4, 0.5) is 0 Å². The van der Waals surface area contributed by atoms with Gasteiger partial charge < -0.3 is 5.32 Å². The maximum Gasteiger partial charge on any atom is 0.0453 e. The topological polar surface area (TPSA) is 15.3 Å². The zero-order valence-electron chi connectivity index (χ0n) is 10.6. The van der Waals surface area contributed by atoms with Crippen LogP contribution in [0.3, 0.4) is 0 Å². The van der Waals surface area contributed by atoms with Gasteiger partial charge in [0.25, 0.3) is 0 Å². The fraction of sp³-hybridized carbons (Fsp3) is 0.571. The second-order valence-electron chi connectivity index (χ2n) is 4.99. The van der Waals surface area contributed by atoms with Gasteiger partial charge in [0, 0.05) is 11.1 Å². The highest BCUT2D eigenvalue weighted by Gasteiger charge is 2.19. The Bertz CT molecular complexity index is 363. The Morgan fingerprint density at radius 1 is 1.41 bits per heavy atom. The molecule has 1 aromatic carbocycles. The summed E-state index contributed by atoms with van der Waals surface area (Å²) < 4.78 is 0. The van der Waals surface area contributed by atoms with Crippen molar-refractivity contribution in [3.63, 3.8) is 0 Å². The van der Waals surface area contributed by atoms with Crippen LogP contribution in [0.5, 0.6) is 0 Å². The van der Waals surface area contributed by atoms with Gasteiger partial charge in [0.2, 0.25) is 0 Å². The number of rotatable bonds is 5. The molecule has 1 aliphatic heterocycles. The molecule has 1 fully saturated rings. The van der Waals surface area contributed by atoms with Crippen molar-refractivity contribution in [2.75, 3.05) is 26.7 Å². The zero-order chi connectivity index (χ0) is 12.3. The molecule has 17 heavy (non-hydrogen) atoms. The van der Waals surface area contributed by atoms with Crippen molar-refractivity contribution < 1.29 is 0 Å². The SMILES string of the molecule is CC(c1ccccc1Cl)N(C)CCC1CNC1. The average molecular weight is 253 g/mol. The van der Waals surface area contributed by atoms with E-state index in [9.17, 15) is 0 Å². The van der Waals surface area contributed by atoms with E-state index in [2.05, 4.69) is 36.3 Å². The van der Waals surface area contributed by atoms with E-state index in [1.165, 1.54) is 25.1 Å². The summed E-state index contributed by atoms with van der Waals surface area (Å²) in [4.78, 5) is 2.39. The van der Waals surface area contributed by atoms with Gasteiger partial charge in [-0.15, -0.1) is 0 Å². The quantitative estimate of drug-likeness (QED) is 0.867. The minimum absolute atomic E-state index is 0.386. The lowest BCUT2D eigenvalue weighted by Gasteiger charge is -2.31. The van der Waals surface area contributed by atoms with E-state index in [1.54, 1.807) is 0 Å². The molecule has 3 heteroatoms. The first-order valence-corrected chi connectivity index (χ1v) is 6.71. The standard InChI is InChI=1S/C14H21ClN2/c1-11(13-5-3-4-6-14(13)15)17(2)8-7-12-9-16-10-12/h3-6,11-12,16H,7-10H2,1-2H3. The molecule has 0 bridgehead atoms. The molecule has 1 saturated heterocycles. The number of hydrogen-bond donors (Lipinski definition) is 1. The predicted molar refractivity (Wildman–Crippen MR) is 73.5 cm³/mol. The van der Waals surface area contributed by atoms with E-state index in [0.717, 1.165) is 17.5 Å². The number of benzene rings is 1. The predicted octanol–water partition coefficient (Wildman–Crippen LogP) is 2.94. The average Bonchev–Trinajstić information content (AvgIpc) is 2.26. The Kier molecular flexibility index (Phi) is 4.43. The van der Waals surface area contributed by atoms with Crippen LogP contribution >= 0.6 is 11.6 Å². The Morgan fingerprint density at radius 2 is 2.12 bits per heavy atom. The number of hydrogen-bond acceptors (Lipinski definition) is 2. The summed E-state index contributed by atoms with van der Waals surface area (Å²) in [5.41, 5.74) is 1.23. The van der Waals surface area contributed by atoms with Crippen molar-refractivity contribution in [3.8, 4) is 0 Å². The monoisotopic (exact) mass is 252 g/mol.